The third-order valence-corrected chi connectivity index (χ3v) is 2.68. The lowest BCUT2D eigenvalue weighted by atomic mass is 9.86. The Morgan fingerprint density at radius 1 is 1.33 bits per heavy atom. The van der Waals surface area contributed by atoms with Gasteiger partial charge in [-0.25, -0.2) is 0 Å². The van der Waals surface area contributed by atoms with Crippen LogP contribution in [0.15, 0.2) is 0 Å². The molecule has 1 rings (SSSR count). The minimum atomic E-state index is 0.261. The van der Waals surface area contributed by atoms with Crippen LogP contribution < -0.4 is 5.32 Å². The van der Waals surface area contributed by atoms with E-state index in [0.717, 1.165) is 19.7 Å². The number of nitrogens with one attached hydrogen (secondary N) is 1. The maximum absolute atomic E-state index is 5.67. The molecular weight excluding hydrogens is 150 g/mol. The molecule has 0 aliphatic carbocycles. The second kappa shape index (κ2) is 4.83. The van der Waals surface area contributed by atoms with Crippen molar-refractivity contribution in [2.45, 2.75) is 45.1 Å². The van der Waals surface area contributed by atoms with Crippen LogP contribution in [-0.4, -0.2) is 25.3 Å². The fraction of sp³-hybridized carbons (Fsp3) is 1.00. The second-order valence-corrected chi connectivity index (χ2v) is 3.64. The summed E-state index contributed by atoms with van der Waals surface area (Å²) in [7, 11) is 0. The summed E-state index contributed by atoms with van der Waals surface area (Å²) in [6, 6.07) is 0. The first-order valence-corrected chi connectivity index (χ1v) is 5.17. The minimum absolute atomic E-state index is 0.261. The highest BCUT2D eigenvalue weighted by Crippen LogP contribution is 2.34. The normalized spacial score (nSPS) is 28.5. The molecule has 1 atom stereocenters. The molecular formula is C10H21NO. The van der Waals surface area contributed by atoms with Gasteiger partial charge in [-0.2, -0.15) is 0 Å². The molecule has 0 aromatic heterocycles. The molecule has 0 amide bonds. The topological polar surface area (TPSA) is 21.3 Å². The molecule has 1 saturated heterocycles. The molecule has 0 radical (unpaired) electrons. The lowest BCUT2D eigenvalue weighted by Crippen LogP contribution is -2.45. The van der Waals surface area contributed by atoms with Gasteiger partial charge in [0.2, 0.25) is 0 Å². The number of hydrogen-bond donors (Lipinski definition) is 1. The van der Waals surface area contributed by atoms with Crippen molar-refractivity contribution >= 4 is 0 Å². The Labute approximate surface area is 75.7 Å². The summed E-state index contributed by atoms with van der Waals surface area (Å²) in [4.78, 5) is 0. The van der Waals surface area contributed by atoms with E-state index in [0.29, 0.717) is 0 Å². The van der Waals surface area contributed by atoms with E-state index >= 15 is 0 Å². The summed E-state index contributed by atoms with van der Waals surface area (Å²) in [5.41, 5.74) is 0.261. The third-order valence-electron chi connectivity index (χ3n) is 2.68. The average molecular weight is 171 g/mol. The van der Waals surface area contributed by atoms with Crippen LogP contribution in [0.1, 0.15) is 39.5 Å². The van der Waals surface area contributed by atoms with Gasteiger partial charge in [0.1, 0.15) is 0 Å². The Morgan fingerprint density at radius 3 is 2.50 bits per heavy atom. The third kappa shape index (κ3) is 2.46. The largest absolute Gasteiger partial charge is 0.375 e. The number of rotatable bonds is 6. The van der Waals surface area contributed by atoms with Crippen molar-refractivity contribution in [3.8, 4) is 0 Å². The fourth-order valence-corrected chi connectivity index (χ4v) is 1.86. The van der Waals surface area contributed by atoms with Crippen molar-refractivity contribution in [2.24, 2.45) is 0 Å². The van der Waals surface area contributed by atoms with E-state index < -0.39 is 0 Å². The Balaban J connectivity index is 2.15. The Kier molecular flexibility index (Phi) is 4.02. The van der Waals surface area contributed by atoms with Gasteiger partial charge >= 0.3 is 0 Å². The van der Waals surface area contributed by atoms with Gasteiger partial charge in [-0.05, 0) is 32.4 Å². The molecule has 2 nitrogen and oxygen atoms in total. The van der Waals surface area contributed by atoms with Crippen LogP contribution in [0, 0.1) is 0 Å². The smallest absolute Gasteiger partial charge is 0.0716 e. The average Bonchev–Trinajstić information content (AvgIpc) is 2.00. The zero-order valence-corrected chi connectivity index (χ0v) is 8.36. The minimum Gasteiger partial charge on any atom is -0.375 e. The molecule has 2 heteroatoms. The predicted molar refractivity (Wildman–Crippen MR) is 51.4 cm³/mol. The molecule has 72 valence electrons. The highest BCUT2D eigenvalue weighted by molar-refractivity contribution is 4.87. The van der Waals surface area contributed by atoms with Gasteiger partial charge < -0.3 is 10.1 Å². The summed E-state index contributed by atoms with van der Waals surface area (Å²) in [5.74, 6) is 0. The van der Waals surface area contributed by atoms with E-state index in [2.05, 4.69) is 19.2 Å². The molecule has 0 aromatic carbocycles. The molecule has 12 heavy (non-hydrogen) atoms. The summed E-state index contributed by atoms with van der Waals surface area (Å²) >= 11 is 0. The van der Waals surface area contributed by atoms with Crippen LogP contribution in [0.25, 0.3) is 0 Å². The molecule has 1 heterocycles. The molecule has 1 unspecified atom stereocenters. The molecule has 0 spiro atoms. The van der Waals surface area contributed by atoms with Crippen LogP contribution in [0.5, 0.6) is 0 Å². The van der Waals surface area contributed by atoms with E-state index in [1.807, 2.05) is 0 Å². The van der Waals surface area contributed by atoms with Crippen molar-refractivity contribution in [1.82, 2.24) is 5.32 Å². The van der Waals surface area contributed by atoms with E-state index in [1.54, 1.807) is 0 Å². The second-order valence-electron chi connectivity index (χ2n) is 3.64. The molecule has 0 bridgehead atoms. The number of hydrogen-bond acceptors (Lipinski definition) is 2. The van der Waals surface area contributed by atoms with Crippen LogP contribution >= 0.6 is 0 Å². The molecule has 0 saturated carbocycles. The Hall–Kier alpha value is -0.0800. The lowest BCUT2D eigenvalue weighted by molar-refractivity contribution is -0.155. The highest BCUT2D eigenvalue weighted by atomic mass is 16.5. The van der Waals surface area contributed by atoms with Crippen molar-refractivity contribution in [2.75, 3.05) is 19.7 Å². The first-order valence-electron chi connectivity index (χ1n) is 5.17. The zero-order chi connectivity index (χ0) is 8.86. The molecule has 1 aliphatic heterocycles. The SMILES string of the molecule is CCCC1(CCNCC)CCO1. The molecule has 1 N–H and O–H groups in total. The molecule has 1 fully saturated rings. The van der Waals surface area contributed by atoms with Gasteiger partial charge in [0.15, 0.2) is 0 Å². The van der Waals surface area contributed by atoms with Crippen LogP contribution in [0.2, 0.25) is 0 Å². The standard InChI is InChI=1S/C10H21NO/c1-3-5-10(7-9-12-10)6-8-11-4-2/h11H,3-9H2,1-2H3. The van der Waals surface area contributed by atoms with Gasteiger partial charge in [0.25, 0.3) is 0 Å². The van der Waals surface area contributed by atoms with Gasteiger partial charge in [0.05, 0.1) is 12.2 Å². The Morgan fingerprint density at radius 2 is 2.08 bits per heavy atom. The summed E-state index contributed by atoms with van der Waals surface area (Å²) in [6.45, 7) is 7.54. The van der Waals surface area contributed by atoms with E-state index in [9.17, 15) is 0 Å². The van der Waals surface area contributed by atoms with Crippen molar-refractivity contribution < 1.29 is 4.74 Å². The predicted octanol–water partition coefficient (Wildman–Crippen LogP) is 1.95. The van der Waals surface area contributed by atoms with Crippen molar-refractivity contribution in [3.63, 3.8) is 0 Å². The maximum Gasteiger partial charge on any atom is 0.0716 e. The van der Waals surface area contributed by atoms with Gasteiger partial charge in [0, 0.05) is 0 Å². The fourth-order valence-electron chi connectivity index (χ4n) is 1.86. The zero-order valence-electron chi connectivity index (χ0n) is 8.36. The maximum atomic E-state index is 5.67. The molecule has 1 aliphatic rings. The number of ether oxygens (including phenoxy) is 1. The summed E-state index contributed by atoms with van der Waals surface area (Å²) < 4.78 is 5.67. The summed E-state index contributed by atoms with van der Waals surface area (Å²) in [6.07, 6.45) is 4.94. The van der Waals surface area contributed by atoms with E-state index in [-0.39, 0.29) is 5.60 Å². The lowest BCUT2D eigenvalue weighted by Gasteiger charge is -2.42. The van der Waals surface area contributed by atoms with Crippen molar-refractivity contribution in [3.05, 3.63) is 0 Å². The van der Waals surface area contributed by atoms with Crippen LogP contribution in [-0.2, 0) is 4.74 Å². The monoisotopic (exact) mass is 171 g/mol. The molecule has 0 aromatic rings. The van der Waals surface area contributed by atoms with Crippen LogP contribution in [0.4, 0.5) is 0 Å². The van der Waals surface area contributed by atoms with Gasteiger partial charge in [-0.1, -0.05) is 20.3 Å². The van der Waals surface area contributed by atoms with Crippen LogP contribution in [0.3, 0.4) is 0 Å². The van der Waals surface area contributed by atoms with Crippen molar-refractivity contribution in [1.29, 1.82) is 0 Å². The van der Waals surface area contributed by atoms with Gasteiger partial charge in [-0.3, -0.25) is 0 Å². The van der Waals surface area contributed by atoms with Gasteiger partial charge in [-0.15, -0.1) is 0 Å². The quantitative estimate of drug-likeness (QED) is 0.617. The first kappa shape index (κ1) is 10.0. The van der Waals surface area contributed by atoms with E-state index in [1.165, 1.54) is 25.7 Å². The summed E-state index contributed by atoms with van der Waals surface area (Å²) in [5, 5.41) is 3.35. The Bertz CT molecular complexity index is 121. The van der Waals surface area contributed by atoms with E-state index in [4.69, 9.17) is 4.74 Å². The highest BCUT2D eigenvalue weighted by Gasteiger charge is 2.36. The first-order chi connectivity index (χ1) is 5.83.